The van der Waals surface area contributed by atoms with Crippen LogP contribution in [0.2, 0.25) is 0 Å². The Labute approximate surface area is 125 Å². The maximum absolute atomic E-state index is 11.6. The fourth-order valence-corrected chi connectivity index (χ4v) is 1.94. The van der Waals surface area contributed by atoms with Crippen LogP contribution in [-0.2, 0) is 9.59 Å². The molecule has 1 atom stereocenters. The molecule has 0 fully saturated rings. The largest absolute Gasteiger partial charge is 0.480 e. The lowest BCUT2D eigenvalue weighted by Crippen LogP contribution is -2.36. The van der Waals surface area contributed by atoms with Gasteiger partial charge < -0.3 is 15.2 Å². The van der Waals surface area contributed by atoms with Gasteiger partial charge in [0.25, 0.3) is 5.91 Å². The van der Waals surface area contributed by atoms with Gasteiger partial charge in [0, 0.05) is 12.6 Å². The molecule has 1 unspecified atom stereocenters. The zero-order valence-electron chi connectivity index (χ0n) is 11.2. The van der Waals surface area contributed by atoms with Gasteiger partial charge in [-0.2, -0.15) is 0 Å². The number of hydrogen-bond donors (Lipinski definition) is 2. The van der Waals surface area contributed by atoms with Crippen LogP contribution in [0.4, 0.5) is 0 Å². The Hall–Kier alpha value is -1.82. The molecule has 0 aromatic heterocycles. The highest BCUT2D eigenvalue weighted by molar-refractivity contribution is 9.10. The van der Waals surface area contributed by atoms with E-state index >= 15 is 0 Å². The van der Waals surface area contributed by atoms with Crippen molar-refractivity contribution in [1.82, 2.24) is 5.32 Å². The average molecular weight is 342 g/mol. The van der Waals surface area contributed by atoms with Gasteiger partial charge in [-0.1, -0.05) is 6.07 Å². The third-order valence-electron chi connectivity index (χ3n) is 2.40. The normalized spacial score (nSPS) is 12.2. The van der Waals surface area contributed by atoms with E-state index in [-0.39, 0.29) is 5.91 Å². The molecule has 6 heteroatoms. The third-order valence-corrected chi connectivity index (χ3v) is 3.02. The highest BCUT2D eigenvalue weighted by Gasteiger charge is 2.14. The van der Waals surface area contributed by atoms with E-state index in [1.54, 1.807) is 25.1 Å². The van der Waals surface area contributed by atoms with E-state index in [2.05, 4.69) is 21.2 Å². The monoisotopic (exact) mass is 341 g/mol. The predicted octanol–water partition coefficient (Wildman–Crippen LogP) is 2.45. The molecule has 0 aliphatic heterocycles. The van der Waals surface area contributed by atoms with E-state index in [9.17, 15) is 9.59 Å². The summed E-state index contributed by atoms with van der Waals surface area (Å²) in [6.07, 6.45) is 1.93. The number of aliphatic carboxylic acids is 1. The lowest BCUT2D eigenvalue weighted by molar-refractivity contribution is -0.131. The van der Waals surface area contributed by atoms with Crippen molar-refractivity contribution in [3.8, 4) is 5.75 Å². The van der Waals surface area contributed by atoms with Gasteiger partial charge in [-0.25, -0.2) is 4.79 Å². The number of rotatable bonds is 6. The standard InChI is InChI=1S/C14H16BrNO4/c1-3-16-14(19)9(2)20-12-6-4-10(8-11(12)15)5-7-13(17)18/h4-9H,3H2,1-2H3,(H,16,19)(H,17,18). The van der Waals surface area contributed by atoms with Gasteiger partial charge in [0.05, 0.1) is 4.47 Å². The van der Waals surface area contributed by atoms with Gasteiger partial charge in [-0.15, -0.1) is 0 Å². The van der Waals surface area contributed by atoms with Crippen molar-refractivity contribution < 1.29 is 19.4 Å². The molecule has 0 spiro atoms. The first kappa shape index (κ1) is 16.2. The number of likely N-dealkylation sites (N-methyl/N-ethyl adjacent to an activating group) is 1. The molecule has 1 aromatic rings. The van der Waals surface area contributed by atoms with E-state index < -0.39 is 12.1 Å². The van der Waals surface area contributed by atoms with Crippen LogP contribution >= 0.6 is 15.9 Å². The first-order valence-electron chi connectivity index (χ1n) is 6.09. The molecule has 0 saturated heterocycles. The van der Waals surface area contributed by atoms with Crippen molar-refractivity contribution in [3.63, 3.8) is 0 Å². The molecule has 108 valence electrons. The molecule has 0 aliphatic rings. The van der Waals surface area contributed by atoms with Gasteiger partial charge in [0.2, 0.25) is 0 Å². The quantitative estimate of drug-likeness (QED) is 0.779. The first-order chi connectivity index (χ1) is 9.43. The Balaban J connectivity index is 2.78. The Morgan fingerprint density at radius 1 is 1.50 bits per heavy atom. The minimum atomic E-state index is -1.01. The maximum atomic E-state index is 11.6. The highest BCUT2D eigenvalue weighted by Crippen LogP contribution is 2.27. The van der Waals surface area contributed by atoms with E-state index in [4.69, 9.17) is 9.84 Å². The number of amides is 1. The summed E-state index contributed by atoms with van der Waals surface area (Å²) in [5, 5.41) is 11.2. The second kappa shape index (κ2) is 7.69. The van der Waals surface area contributed by atoms with Crippen LogP contribution in [0.1, 0.15) is 19.4 Å². The molecule has 1 aromatic carbocycles. The Kier molecular flexibility index (Phi) is 6.24. The summed E-state index contributed by atoms with van der Waals surface area (Å²) in [5.74, 6) is -0.670. The van der Waals surface area contributed by atoms with E-state index in [1.807, 2.05) is 6.92 Å². The molecule has 20 heavy (non-hydrogen) atoms. The lowest BCUT2D eigenvalue weighted by Gasteiger charge is -2.15. The summed E-state index contributed by atoms with van der Waals surface area (Å²) in [5.41, 5.74) is 0.720. The number of carboxylic acids is 1. The number of halogens is 1. The number of benzene rings is 1. The summed E-state index contributed by atoms with van der Waals surface area (Å²) >= 11 is 3.33. The van der Waals surface area contributed by atoms with Crippen LogP contribution in [0.15, 0.2) is 28.7 Å². The Morgan fingerprint density at radius 3 is 2.75 bits per heavy atom. The van der Waals surface area contributed by atoms with Crippen LogP contribution in [-0.4, -0.2) is 29.6 Å². The van der Waals surface area contributed by atoms with Gasteiger partial charge >= 0.3 is 5.97 Å². The molecule has 2 N–H and O–H groups in total. The SMILES string of the molecule is CCNC(=O)C(C)Oc1ccc(C=CC(=O)O)cc1Br. The van der Waals surface area contributed by atoms with Gasteiger partial charge in [-0.3, -0.25) is 4.79 Å². The molecule has 0 radical (unpaired) electrons. The zero-order valence-corrected chi connectivity index (χ0v) is 12.8. The van der Waals surface area contributed by atoms with Crippen molar-refractivity contribution in [1.29, 1.82) is 0 Å². The minimum absolute atomic E-state index is 0.186. The summed E-state index contributed by atoms with van der Waals surface area (Å²) in [4.78, 5) is 22.0. The number of hydrogen-bond acceptors (Lipinski definition) is 3. The highest BCUT2D eigenvalue weighted by atomic mass is 79.9. The Morgan fingerprint density at radius 2 is 2.20 bits per heavy atom. The number of carbonyl (C=O) groups excluding carboxylic acids is 1. The van der Waals surface area contributed by atoms with Crippen LogP contribution in [0, 0.1) is 0 Å². The summed E-state index contributed by atoms with van der Waals surface area (Å²) < 4.78 is 6.19. The molecular weight excluding hydrogens is 326 g/mol. The minimum Gasteiger partial charge on any atom is -0.480 e. The molecule has 0 saturated carbocycles. The van der Waals surface area contributed by atoms with Crippen molar-refractivity contribution >= 4 is 33.9 Å². The van der Waals surface area contributed by atoms with E-state index in [0.29, 0.717) is 16.8 Å². The molecule has 1 rings (SSSR count). The van der Waals surface area contributed by atoms with Crippen LogP contribution in [0.25, 0.3) is 6.08 Å². The molecule has 0 heterocycles. The fraction of sp³-hybridized carbons (Fsp3) is 0.286. The predicted molar refractivity (Wildman–Crippen MR) is 79.6 cm³/mol. The second-order valence-electron chi connectivity index (χ2n) is 4.02. The van der Waals surface area contributed by atoms with Gasteiger partial charge in [-0.05, 0) is 53.5 Å². The molecule has 1 amide bonds. The summed E-state index contributed by atoms with van der Waals surface area (Å²) in [6.45, 7) is 4.05. The summed E-state index contributed by atoms with van der Waals surface area (Å²) in [7, 11) is 0. The van der Waals surface area contributed by atoms with Crippen molar-refractivity contribution in [3.05, 3.63) is 34.3 Å². The second-order valence-corrected chi connectivity index (χ2v) is 4.87. The number of ether oxygens (including phenoxy) is 1. The third kappa shape index (κ3) is 5.05. The summed E-state index contributed by atoms with van der Waals surface area (Å²) in [6, 6.07) is 5.12. The molecule has 0 aliphatic carbocycles. The van der Waals surface area contributed by atoms with Crippen molar-refractivity contribution in [2.75, 3.05) is 6.54 Å². The van der Waals surface area contributed by atoms with Crippen LogP contribution < -0.4 is 10.1 Å². The van der Waals surface area contributed by atoms with Gasteiger partial charge in [0.1, 0.15) is 5.75 Å². The number of carbonyl (C=O) groups is 2. The molecule has 5 nitrogen and oxygen atoms in total. The number of nitrogens with one attached hydrogen (secondary N) is 1. The average Bonchev–Trinajstić information content (AvgIpc) is 2.39. The topological polar surface area (TPSA) is 75.6 Å². The first-order valence-corrected chi connectivity index (χ1v) is 6.88. The van der Waals surface area contributed by atoms with Crippen LogP contribution in [0.3, 0.4) is 0 Å². The fourth-order valence-electron chi connectivity index (χ4n) is 1.45. The Bertz CT molecular complexity index is 528. The number of carboxylic acid groups (broad SMARTS) is 1. The lowest BCUT2D eigenvalue weighted by atomic mass is 10.2. The maximum Gasteiger partial charge on any atom is 0.328 e. The smallest absolute Gasteiger partial charge is 0.328 e. The van der Waals surface area contributed by atoms with Crippen molar-refractivity contribution in [2.45, 2.75) is 20.0 Å². The zero-order chi connectivity index (χ0) is 15.1. The van der Waals surface area contributed by atoms with Crippen LogP contribution in [0.5, 0.6) is 5.75 Å². The molecular formula is C14H16BrNO4. The van der Waals surface area contributed by atoms with E-state index in [0.717, 1.165) is 11.6 Å². The van der Waals surface area contributed by atoms with Gasteiger partial charge in [0.15, 0.2) is 6.10 Å². The van der Waals surface area contributed by atoms with Crippen molar-refractivity contribution in [2.24, 2.45) is 0 Å². The molecule has 0 bridgehead atoms. The van der Waals surface area contributed by atoms with E-state index in [1.165, 1.54) is 6.08 Å².